The lowest BCUT2D eigenvalue weighted by Crippen LogP contribution is -2.31. The Hall–Kier alpha value is -0.610. The van der Waals surface area contributed by atoms with Crippen molar-refractivity contribution in [3.63, 3.8) is 0 Å². The third kappa shape index (κ3) is 5.60. The Balaban J connectivity index is 3.65. The minimum Gasteiger partial charge on any atom is -0.462 e. The van der Waals surface area contributed by atoms with Gasteiger partial charge in [-0.3, -0.25) is 4.79 Å². The largest absolute Gasteiger partial charge is 0.462 e. The second-order valence-electron chi connectivity index (χ2n) is 3.07. The highest BCUT2D eigenvalue weighted by molar-refractivity contribution is 5.74. The molecule has 0 aromatic rings. The first-order chi connectivity index (χ1) is 6.11. The number of esters is 1. The van der Waals surface area contributed by atoms with Gasteiger partial charge in [0.2, 0.25) is 0 Å². The van der Waals surface area contributed by atoms with Crippen LogP contribution in [0.1, 0.15) is 26.7 Å². The molecule has 0 bridgehead atoms. The van der Waals surface area contributed by atoms with Crippen LogP contribution in [-0.4, -0.2) is 31.8 Å². The van der Waals surface area contributed by atoms with Crippen LogP contribution in [-0.2, 0) is 14.3 Å². The lowest BCUT2D eigenvalue weighted by Gasteiger charge is -2.15. The molecule has 78 valence electrons. The normalized spacial score (nSPS) is 15.1. The molecule has 2 unspecified atom stereocenters. The first kappa shape index (κ1) is 12.4. The summed E-state index contributed by atoms with van der Waals surface area (Å²) in [5.41, 5.74) is 5.32. The zero-order valence-corrected chi connectivity index (χ0v) is 8.58. The predicted octanol–water partition coefficient (Wildman–Crippen LogP) is 0.692. The van der Waals surface area contributed by atoms with Crippen molar-refractivity contribution < 1.29 is 14.3 Å². The molecule has 0 spiro atoms. The summed E-state index contributed by atoms with van der Waals surface area (Å²) in [6.07, 6.45) is 1.89. The minimum absolute atomic E-state index is 0.00676. The van der Waals surface area contributed by atoms with E-state index >= 15 is 0 Å². The van der Waals surface area contributed by atoms with E-state index < -0.39 is 6.04 Å². The fourth-order valence-electron chi connectivity index (χ4n) is 0.898. The van der Waals surface area contributed by atoms with E-state index in [9.17, 15) is 4.79 Å². The maximum atomic E-state index is 11.0. The van der Waals surface area contributed by atoms with Crippen molar-refractivity contribution in [1.82, 2.24) is 0 Å². The average Bonchev–Trinajstić information content (AvgIpc) is 2.11. The molecule has 13 heavy (non-hydrogen) atoms. The fraction of sp³-hybridized carbons (Fsp3) is 0.889. The molecule has 2 N–H and O–H groups in total. The van der Waals surface area contributed by atoms with Crippen LogP contribution in [0.3, 0.4) is 0 Å². The Morgan fingerprint density at radius 2 is 2.15 bits per heavy atom. The van der Waals surface area contributed by atoms with E-state index in [-0.39, 0.29) is 12.1 Å². The second kappa shape index (κ2) is 6.86. The van der Waals surface area contributed by atoms with E-state index in [0.717, 1.165) is 12.8 Å². The molecular weight excluding hydrogens is 170 g/mol. The molecule has 0 radical (unpaired) electrons. The highest BCUT2D eigenvalue weighted by Gasteiger charge is 2.12. The van der Waals surface area contributed by atoms with Gasteiger partial charge in [0.25, 0.3) is 0 Å². The Bertz CT molecular complexity index is 148. The topological polar surface area (TPSA) is 61.5 Å². The molecule has 0 aromatic heterocycles. The zero-order valence-electron chi connectivity index (χ0n) is 8.58. The Labute approximate surface area is 79.4 Å². The van der Waals surface area contributed by atoms with Crippen LogP contribution in [0.2, 0.25) is 0 Å². The molecule has 0 aliphatic heterocycles. The predicted molar refractivity (Wildman–Crippen MR) is 50.3 cm³/mol. The summed E-state index contributed by atoms with van der Waals surface area (Å²) in [5, 5.41) is 0. The standard InChI is InChI=1S/C9H19NO3/c1-4-5-8(12-3)6-13-9(11)7(2)10/h7-8H,4-6,10H2,1-3H3. The Kier molecular flexibility index (Phi) is 6.54. The molecule has 0 amide bonds. The van der Waals surface area contributed by atoms with Crippen LogP contribution < -0.4 is 5.73 Å². The molecule has 0 saturated carbocycles. The van der Waals surface area contributed by atoms with Gasteiger partial charge < -0.3 is 15.2 Å². The van der Waals surface area contributed by atoms with Crippen molar-refractivity contribution in [2.45, 2.75) is 38.8 Å². The summed E-state index contributed by atoms with van der Waals surface area (Å²) < 4.78 is 10.0. The van der Waals surface area contributed by atoms with E-state index in [1.165, 1.54) is 0 Å². The van der Waals surface area contributed by atoms with Crippen molar-refractivity contribution in [2.75, 3.05) is 13.7 Å². The summed E-state index contributed by atoms with van der Waals surface area (Å²) in [4.78, 5) is 11.0. The van der Waals surface area contributed by atoms with Crippen molar-refractivity contribution in [1.29, 1.82) is 0 Å². The number of carbonyl (C=O) groups excluding carboxylic acids is 1. The quantitative estimate of drug-likeness (QED) is 0.624. The molecule has 0 heterocycles. The number of rotatable bonds is 6. The number of methoxy groups -OCH3 is 1. The van der Waals surface area contributed by atoms with E-state index in [1.54, 1.807) is 14.0 Å². The Morgan fingerprint density at radius 1 is 1.54 bits per heavy atom. The van der Waals surface area contributed by atoms with Gasteiger partial charge in [-0.05, 0) is 13.3 Å². The van der Waals surface area contributed by atoms with Crippen LogP contribution in [0.25, 0.3) is 0 Å². The van der Waals surface area contributed by atoms with Crippen molar-refractivity contribution in [2.24, 2.45) is 5.73 Å². The third-order valence-electron chi connectivity index (χ3n) is 1.73. The van der Waals surface area contributed by atoms with Crippen LogP contribution in [0.4, 0.5) is 0 Å². The first-order valence-corrected chi connectivity index (χ1v) is 4.56. The highest BCUT2D eigenvalue weighted by atomic mass is 16.6. The molecule has 4 nitrogen and oxygen atoms in total. The van der Waals surface area contributed by atoms with Crippen molar-refractivity contribution in [3.05, 3.63) is 0 Å². The maximum absolute atomic E-state index is 11.0. The second-order valence-corrected chi connectivity index (χ2v) is 3.07. The van der Waals surface area contributed by atoms with Gasteiger partial charge in [0.1, 0.15) is 12.6 Å². The third-order valence-corrected chi connectivity index (χ3v) is 1.73. The molecule has 0 saturated heterocycles. The summed E-state index contributed by atoms with van der Waals surface area (Å²) in [7, 11) is 1.61. The molecule has 0 aromatic carbocycles. The maximum Gasteiger partial charge on any atom is 0.322 e. The molecule has 0 aliphatic carbocycles. The lowest BCUT2D eigenvalue weighted by molar-refractivity contribution is -0.148. The SMILES string of the molecule is CCCC(COC(=O)C(C)N)OC. The molecule has 0 fully saturated rings. The number of hydrogen-bond donors (Lipinski definition) is 1. The Morgan fingerprint density at radius 3 is 2.54 bits per heavy atom. The van der Waals surface area contributed by atoms with Crippen LogP contribution >= 0.6 is 0 Å². The van der Waals surface area contributed by atoms with E-state index in [2.05, 4.69) is 6.92 Å². The van der Waals surface area contributed by atoms with Gasteiger partial charge in [-0.15, -0.1) is 0 Å². The summed E-state index contributed by atoms with van der Waals surface area (Å²) in [5.74, 6) is -0.377. The van der Waals surface area contributed by atoms with Gasteiger partial charge in [-0.25, -0.2) is 0 Å². The number of ether oxygens (including phenoxy) is 2. The van der Waals surface area contributed by atoms with Crippen LogP contribution in [0.15, 0.2) is 0 Å². The van der Waals surface area contributed by atoms with Crippen LogP contribution in [0.5, 0.6) is 0 Å². The van der Waals surface area contributed by atoms with Crippen molar-refractivity contribution >= 4 is 5.97 Å². The minimum atomic E-state index is -0.556. The molecule has 0 aliphatic rings. The lowest BCUT2D eigenvalue weighted by atomic mass is 10.2. The van der Waals surface area contributed by atoms with Crippen molar-refractivity contribution in [3.8, 4) is 0 Å². The van der Waals surface area contributed by atoms with Crippen LogP contribution in [0, 0.1) is 0 Å². The van der Waals surface area contributed by atoms with Gasteiger partial charge in [0.05, 0.1) is 6.10 Å². The highest BCUT2D eigenvalue weighted by Crippen LogP contribution is 2.01. The first-order valence-electron chi connectivity index (χ1n) is 4.56. The fourth-order valence-corrected chi connectivity index (χ4v) is 0.898. The van der Waals surface area contributed by atoms with Gasteiger partial charge in [-0.1, -0.05) is 13.3 Å². The smallest absolute Gasteiger partial charge is 0.322 e. The number of hydrogen-bond acceptors (Lipinski definition) is 4. The molecule has 0 rings (SSSR count). The summed E-state index contributed by atoms with van der Waals surface area (Å²) >= 11 is 0. The van der Waals surface area contributed by atoms with Gasteiger partial charge >= 0.3 is 5.97 Å². The zero-order chi connectivity index (χ0) is 10.3. The monoisotopic (exact) mass is 189 g/mol. The van der Waals surface area contributed by atoms with E-state index in [4.69, 9.17) is 15.2 Å². The molecule has 2 atom stereocenters. The van der Waals surface area contributed by atoms with E-state index in [1.807, 2.05) is 0 Å². The number of carbonyl (C=O) groups is 1. The average molecular weight is 189 g/mol. The van der Waals surface area contributed by atoms with Gasteiger partial charge in [-0.2, -0.15) is 0 Å². The number of nitrogens with two attached hydrogens (primary N) is 1. The van der Waals surface area contributed by atoms with E-state index in [0.29, 0.717) is 6.61 Å². The molecular formula is C9H19NO3. The summed E-state index contributed by atoms with van der Waals surface area (Å²) in [6.45, 7) is 3.95. The summed E-state index contributed by atoms with van der Waals surface area (Å²) in [6, 6.07) is -0.556. The van der Waals surface area contributed by atoms with Gasteiger partial charge in [0, 0.05) is 7.11 Å². The van der Waals surface area contributed by atoms with Gasteiger partial charge in [0.15, 0.2) is 0 Å². The molecule has 4 heteroatoms.